The highest BCUT2D eigenvalue weighted by Crippen LogP contribution is 2.42. The lowest BCUT2D eigenvalue weighted by atomic mass is 9.97. The van der Waals surface area contributed by atoms with Crippen LogP contribution in [-0.2, 0) is 4.79 Å². The van der Waals surface area contributed by atoms with Gasteiger partial charge in [-0.05, 0) is 67.9 Å². The molecule has 5 rings (SSSR count). The van der Waals surface area contributed by atoms with Gasteiger partial charge in [0.2, 0.25) is 5.91 Å². The number of amides is 3. The van der Waals surface area contributed by atoms with Crippen molar-refractivity contribution in [2.75, 3.05) is 16.8 Å². The number of anilines is 2. The Morgan fingerprint density at radius 1 is 0.892 bits per heavy atom. The number of nitrogens with zero attached hydrogens (tertiary/aromatic N) is 3. The number of carbonyl (C=O) groups excluding carboxylic acids is 2. The van der Waals surface area contributed by atoms with E-state index in [-0.39, 0.29) is 30.0 Å². The standard InChI is InChI=1S/C29H26F2N4O2/c1-19(2)34(29(37)32-23-9-4-3-8-22(23)31)18-27(36)35-25-11-6-5-10-24(25)33-17-7-12-26(33)28(35)20-13-15-21(30)16-14-20/h3-17,19,28H,18H2,1-2H3,(H,32,37). The van der Waals surface area contributed by atoms with Crippen LogP contribution in [0.15, 0.2) is 91.1 Å². The molecule has 3 amide bonds. The molecule has 0 saturated heterocycles. The summed E-state index contributed by atoms with van der Waals surface area (Å²) < 4.78 is 30.0. The van der Waals surface area contributed by atoms with Gasteiger partial charge in [-0.15, -0.1) is 0 Å². The number of para-hydroxylation sites is 3. The molecular formula is C29H26F2N4O2. The van der Waals surface area contributed by atoms with Crippen LogP contribution in [0.4, 0.5) is 25.0 Å². The second-order valence-corrected chi connectivity index (χ2v) is 9.14. The maximum atomic E-state index is 14.2. The van der Waals surface area contributed by atoms with E-state index in [2.05, 4.69) is 5.32 Å². The summed E-state index contributed by atoms with van der Waals surface area (Å²) in [5, 5.41) is 2.58. The molecule has 0 fully saturated rings. The van der Waals surface area contributed by atoms with Crippen LogP contribution >= 0.6 is 0 Å². The number of benzene rings is 3. The maximum Gasteiger partial charge on any atom is 0.322 e. The first-order valence-electron chi connectivity index (χ1n) is 12.0. The van der Waals surface area contributed by atoms with E-state index < -0.39 is 17.9 Å². The zero-order chi connectivity index (χ0) is 26.1. The Morgan fingerprint density at radius 3 is 2.27 bits per heavy atom. The van der Waals surface area contributed by atoms with Crippen molar-refractivity contribution in [2.45, 2.75) is 25.9 Å². The van der Waals surface area contributed by atoms with Crippen molar-refractivity contribution < 1.29 is 18.4 Å². The molecule has 6 nitrogen and oxygen atoms in total. The van der Waals surface area contributed by atoms with Gasteiger partial charge in [0.05, 0.1) is 22.8 Å². The van der Waals surface area contributed by atoms with Crippen LogP contribution in [0.25, 0.3) is 5.69 Å². The summed E-state index contributed by atoms with van der Waals surface area (Å²) in [4.78, 5) is 30.2. The quantitative estimate of drug-likeness (QED) is 0.358. The SMILES string of the molecule is CC(C)N(CC(=O)N1c2ccccc2-n2cccc2C1c1ccc(F)cc1)C(=O)Nc1ccccc1F. The van der Waals surface area contributed by atoms with E-state index in [1.165, 1.54) is 35.2 Å². The Bertz CT molecular complexity index is 1450. The van der Waals surface area contributed by atoms with Gasteiger partial charge in [-0.2, -0.15) is 0 Å². The van der Waals surface area contributed by atoms with Crippen LogP contribution in [0, 0.1) is 11.6 Å². The smallest absolute Gasteiger partial charge is 0.316 e. The minimum absolute atomic E-state index is 0.0379. The first-order valence-corrected chi connectivity index (χ1v) is 12.0. The molecule has 3 aromatic carbocycles. The van der Waals surface area contributed by atoms with E-state index in [1.807, 2.05) is 47.2 Å². The maximum absolute atomic E-state index is 14.2. The second kappa shape index (κ2) is 9.89. The topological polar surface area (TPSA) is 57.6 Å². The van der Waals surface area contributed by atoms with Gasteiger partial charge < -0.3 is 14.8 Å². The molecule has 8 heteroatoms. The number of hydrogen-bond donors (Lipinski definition) is 1. The molecule has 1 aromatic heterocycles. The van der Waals surface area contributed by atoms with Gasteiger partial charge in [-0.1, -0.05) is 36.4 Å². The third-order valence-electron chi connectivity index (χ3n) is 6.48. The molecule has 1 aliphatic rings. The number of carbonyl (C=O) groups is 2. The van der Waals surface area contributed by atoms with Crippen LogP contribution < -0.4 is 10.2 Å². The largest absolute Gasteiger partial charge is 0.322 e. The fraction of sp³-hybridized carbons (Fsp3) is 0.172. The van der Waals surface area contributed by atoms with Gasteiger partial charge in [0, 0.05) is 12.2 Å². The monoisotopic (exact) mass is 500 g/mol. The molecular weight excluding hydrogens is 474 g/mol. The molecule has 0 bridgehead atoms. The molecule has 2 heterocycles. The fourth-order valence-electron chi connectivity index (χ4n) is 4.68. The zero-order valence-corrected chi connectivity index (χ0v) is 20.4. The normalized spacial score (nSPS) is 14.2. The summed E-state index contributed by atoms with van der Waals surface area (Å²) in [6.07, 6.45) is 1.93. The second-order valence-electron chi connectivity index (χ2n) is 9.14. The Kier molecular flexibility index (Phi) is 6.48. The van der Waals surface area contributed by atoms with E-state index in [0.29, 0.717) is 5.69 Å². The average Bonchev–Trinajstić information content (AvgIpc) is 3.38. The highest BCUT2D eigenvalue weighted by molar-refractivity contribution is 6.01. The van der Waals surface area contributed by atoms with Crippen molar-refractivity contribution in [3.8, 4) is 5.69 Å². The minimum Gasteiger partial charge on any atom is -0.316 e. The number of halogens is 2. The lowest BCUT2D eigenvalue weighted by Crippen LogP contribution is -2.49. The number of rotatable bonds is 5. The fourth-order valence-corrected chi connectivity index (χ4v) is 4.68. The van der Waals surface area contributed by atoms with Crippen molar-refractivity contribution in [3.05, 3.63) is 114 Å². The summed E-state index contributed by atoms with van der Waals surface area (Å²) in [7, 11) is 0. The van der Waals surface area contributed by atoms with Gasteiger partial charge in [-0.25, -0.2) is 13.6 Å². The van der Waals surface area contributed by atoms with Gasteiger partial charge in [0.15, 0.2) is 0 Å². The summed E-state index contributed by atoms with van der Waals surface area (Å²) in [6, 6.07) is 21.8. The van der Waals surface area contributed by atoms with Crippen molar-refractivity contribution in [1.82, 2.24) is 9.47 Å². The molecule has 37 heavy (non-hydrogen) atoms. The predicted molar refractivity (Wildman–Crippen MR) is 139 cm³/mol. The van der Waals surface area contributed by atoms with Crippen molar-refractivity contribution in [2.24, 2.45) is 0 Å². The summed E-state index contributed by atoms with van der Waals surface area (Å²) in [5.41, 5.74) is 3.10. The number of aromatic nitrogens is 1. The Hall–Kier alpha value is -4.46. The van der Waals surface area contributed by atoms with E-state index in [4.69, 9.17) is 0 Å². The molecule has 188 valence electrons. The van der Waals surface area contributed by atoms with E-state index >= 15 is 0 Å². The molecule has 1 N–H and O–H groups in total. The number of fused-ring (bicyclic) bond motifs is 3. The average molecular weight is 501 g/mol. The van der Waals surface area contributed by atoms with Crippen molar-refractivity contribution >= 4 is 23.3 Å². The van der Waals surface area contributed by atoms with E-state index in [9.17, 15) is 18.4 Å². The van der Waals surface area contributed by atoms with Gasteiger partial charge in [0.25, 0.3) is 0 Å². The molecule has 0 radical (unpaired) electrons. The van der Waals surface area contributed by atoms with Crippen molar-refractivity contribution in [3.63, 3.8) is 0 Å². The van der Waals surface area contributed by atoms with Crippen LogP contribution in [-0.4, -0.2) is 34.0 Å². The molecule has 1 atom stereocenters. The lowest BCUT2D eigenvalue weighted by molar-refractivity contribution is -0.119. The first-order chi connectivity index (χ1) is 17.8. The third kappa shape index (κ3) is 4.58. The Labute approximate surface area is 213 Å². The van der Waals surface area contributed by atoms with E-state index in [0.717, 1.165) is 16.9 Å². The minimum atomic E-state index is -0.583. The van der Waals surface area contributed by atoms with Gasteiger partial charge in [0.1, 0.15) is 24.2 Å². The van der Waals surface area contributed by atoms with Gasteiger partial charge >= 0.3 is 6.03 Å². The predicted octanol–water partition coefficient (Wildman–Crippen LogP) is 6.13. The summed E-state index contributed by atoms with van der Waals surface area (Å²) in [6.45, 7) is 3.34. The Balaban J connectivity index is 1.52. The first kappa shape index (κ1) is 24.2. The lowest BCUT2D eigenvalue weighted by Gasteiger charge is -2.40. The third-order valence-corrected chi connectivity index (χ3v) is 6.48. The summed E-state index contributed by atoms with van der Waals surface area (Å²) in [5.74, 6) is -1.26. The van der Waals surface area contributed by atoms with Crippen LogP contribution in [0.2, 0.25) is 0 Å². The highest BCUT2D eigenvalue weighted by Gasteiger charge is 2.37. The van der Waals surface area contributed by atoms with Gasteiger partial charge in [-0.3, -0.25) is 9.69 Å². The van der Waals surface area contributed by atoms with Crippen LogP contribution in [0.1, 0.15) is 31.1 Å². The van der Waals surface area contributed by atoms with Crippen molar-refractivity contribution in [1.29, 1.82) is 0 Å². The molecule has 0 aliphatic carbocycles. The summed E-state index contributed by atoms with van der Waals surface area (Å²) >= 11 is 0. The van der Waals surface area contributed by atoms with Crippen LogP contribution in [0.3, 0.4) is 0 Å². The molecule has 1 aliphatic heterocycles. The van der Waals surface area contributed by atoms with Crippen LogP contribution in [0.5, 0.6) is 0 Å². The zero-order valence-electron chi connectivity index (χ0n) is 20.4. The number of urea groups is 1. The molecule has 0 saturated carbocycles. The Morgan fingerprint density at radius 2 is 1.57 bits per heavy atom. The molecule has 0 spiro atoms. The highest BCUT2D eigenvalue weighted by atomic mass is 19.1. The molecule has 4 aromatic rings. The van der Waals surface area contributed by atoms with E-state index in [1.54, 1.807) is 36.9 Å². The number of hydrogen-bond acceptors (Lipinski definition) is 2. The molecule has 1 unspecified atom stereocenters. The number of nitrogens with one attached hydrogen (secondary N) is 1.